The molecule has 0 fully saturated rings. The smallest absolute Gasteiger partial charge is 0.0956 e. The van der Waals surface area contributed by atoms with E-state index < -0.39 is 0 Å². The van der Waals surface area contributed by atoms with Crippen LogP contribution in [-0.2, 0) is 6.42 Å². The highest BCUT2D eigenvalue weighted by molar-refractivity contribution is 5.87. The van der Waals surface area contributed by atoms with E-state index >= 15 is 0 Å². The maximum absolute atomic E-state index is 6.41. The number of rotatable bonds is 5. The molecule has 0 radical (unpaired) electrons. The van der Waals surface area contributed by atoms with Crippen LogP contribution in [0.15, 0.2) is 83.0 Å². The van der Waals surface area contributed by atoms with Gasteiger partial charge < -0.3 is 11.5 Å². The van der Waals surface area contributed by atoms with Gasteiger partial charge in [0.1, 0.15) is 0 Å². The van der Waals surface area contributed by atoms with Crippen molar-refractivity contribution in [3.05, 3.63) is 78.4 Å². The fourth-order valence-corrected chi connectivity index (χ4v) is 2.62. The van der Waals surface area contributed by atoms with Crippen LogP contribution in [0, 0.1) is 0 Å². The first-order chi connectivity index (χ1) is 11.8. The van der Waals surface area contributed by atoms with Gasteiger partial charge in [-0.1, -0.05) is 54.6 Å². The number of hydrogen-bond acceptors (Lipinski definition) is 4. The van der Waals surface area contributed by atoms with E-state index in [4.69, 9.17) is 11.5 Å². The number of anilines is 1. The van der Waals surface area contributed by atoms with Crippen molar-refractivity contribution in [2.45, 2.75) is 6.42 Å². The van der Waals surface area contributed by atoms with Gasteiger partial charge in [-0.25, -0.2) is 0 Å². The summed E-state index contributed by atoms with van der Waals surface area (Å²) >= 11 is 0. The summed E-state index contributed by atoms with van der Waals surface area (Å²) in [6.07, 6.45) is 0.738. The second kappa shape index (κ2) is 7.53. The molecule has 4 N–H and O–H groups in total. The average molecular weight is 316 g/mol. The highest BCUT2D eigenvalue weighted by atomic mass is 15.1. The third-order valence-electron chi connectivity index (χ3n) is 3.82. The molecule has 0 heterocycles. The second-order valence-corrected chi connectivity index (χ2v) is 5.47. The summed E-state index contributed by atoms with van der Waals surface area (Å²) < 4.78 is 0. The Kier molecular flexibility index (Phi) is 4.99. The summed E-state index contributed by atoms with van der Waals surface area (Å²) in [6, 6.07) is 23.6. The van der Waals surface area contributed by atoms with E-state index in [9.17, 15) is 0 Å². The van der Waals surface area contributed by atoms with Crippen LogP contribution in [0.1, 0.15) is 5.56 Å². The number of azo groups is 1. The van der Waals surface area contributed by atoms with E-state index in [1.807, 2.05) is 72.8 Å². The lowest BCUT2D eigenvalue weighted by Gasteiger charge is -2.13. The van der Waals surface area contributed by atoms with E-state index in [0.717, 1.165) is 40.2 Å². The molecule has 0 aliphatic heterocycles. The largest absolute Gasteiger partial charge is 0.398 e. The van der Waals surface area contributed by atoms with E-state index in [-0.39, 0.29) is 0 Å². The second-order valence-electron chi connectivity index (χ2n) is 5.47. The molecule has 0 saturated carbocycles. The summed E-state index contributed by atoms with van der Waals surface area (Å²) in [4.78, 5) is 0. The van der Waals surface area contributed by atoms with Crippen molar-refractivity contribution in [3.8, 4) is 11.1 Å². The minimum Gasteiger partial charge on any atom is -0.398 e. The third-order valence-corrected chi connectivity index (χ3v) is 3.82. The molecule has 3 rings (SSSR count). The van der Waals surface area contributed by atoms with Gasteiger partial charge in [0.15, 0.2) is 0 Å². The zero-order chi connectivity index (χ0) is 16.8. The number of nitrogens with zero attached hydrogens (tertiary/aromatic N) is 2. The van der Waals surface area contributed by atoms with Gasteiger partial charge in [-0.15, -0.1) is 5.11 Å². The molecular weight excluding hydrogens is 296 g/mol. The molecular formula is C20H20N4. The lowest BCUT2D eigenvalue weighted by molar-refractivity contribution is 0.971. The summed E-state index contributed by atoms with van der Waals surface area (Å²) in [6.45, 7) is 0.559. The highest BCUT2D eigenvalue weighted by Crippen LogP contribution is 2.38. The van der Waals surface area contributed by atoms with Gasteiger partial charge in [0.05, 0.1) is 11.4 Å². The van der Waals surface area contributed by atoms with Crippen LogP contribution < -0.4 is 11.5 Å². The minimum atomic E-state index is 0.559. The van der Waals surface area contributed by atoms with Gasteiger partial charge in [-0.3, -0.25) is 0 Å². The van der Waals surface area contributed by atoms with Crippen molar-refractivity contribution in [1.82, 2.24) is 0 Å². The first-order valence-corrected chi connectivity index (χ1v) is 7.93. The fourth-order valence-electron chi connectivity index (χ4n) is 2.62. The predicted molar refractivity (Wildman–Crippen MR) is 99.7 cm³/mol. The number of benzene rings is 3. The Labute approximate surface area is 141 Å². The molecule has 0 bridgehead atoms. The van der Waals surface area contributed by atoms with Crippen molar-refractivity contribution in [2.75, 3.05) is 12.3 Å². The molecule has 0 aromatic heterocycles. The van der Waals surface area contributed by atoms with Crippen LogP contribution in [0.25, 0.3) is 11.1 Å². The van der Waals surface area contributed by atoms with Crippen LogP contribution in [0.5, 0.6) is 0 Å². The van der Waals surface area contributed by atoms with Crippen LogP contribution in [0.2, 0.25) is 0 Å². The molecule has 120 valence electrons. The topological polar surface area (TPSA) is 76.8 Å². The zero-order valence-electron chi connectivity index (χ0n) is 13.4. The molecule has 0 saturated heterocycles. The monoisotopic (exact) mass is 316 g/mol. The van der Waals surface area contributed by atoms with Crippen molar-refractivity contribution in [2.24, 2.45) is 16.0 Å². The van der Waals surface area contributed by atoms with E-state index in [1.165, 1.54) is 0 Å². The maximum Gasteiger partial charge on any atom is 0.0956 e. The Balaban J connectivity index is 2.08. The van der Waals surface area contributed by atoms with Crippen molar-refractivity contribution in [3.63, 3.8) is 0 Å². The van der Waals surface area contributed by atoms with Crippen LogP contribution in [0.3, 0.4) is 0 Å². The zero-order valence-corrected chi connectivity index (χ0v) is 13.4. The van der Waals surface area contributed by atoms with Crippen LogP contribution in [0.4, 0.5) is 17.1 Å². The van der Waals surface area contributed by atoms with E-state index in [1.54, 1.807) is 0 Å². The fraction of sp³-hybridized carbons (Fsp3) is 0.100. The van der Waals surface area contributed by atoms with Gasteiger partial charge >= 0.3 is 0 Å². The highest BCUT2D eigenvalue weighted by Gasteiger charge is 2.12. The third kappa shape index (κ3) is 3.50. The van der Waals surface area contributed by atoms with E-state index in [2.05, 4.69) is 10.2 Å². The van der Waals surface area contributed by atoms with Gasteiger partial charge in [-0.2, -0.15) is 5.11 Å². The van der Waals surface area contributed by atoms with Crippen LogP contribution in [-0.4, -0.2) is 6.54 Å². The Hall–Kier alpha value is -2.98. The van der Waals surface area contributed by atoms with Gasteiger partial charge in [0.25, 0.3) is 0 Å². The minimum absolute atomic E-state index is 0.559. The van der Waals surface area contributed by atoms with Gasteiger partial charge in [0.2, 0.25) is 0 Å². The Morgan fingerprint density at radius 3 is 2.08 bits per heavy atom. The van der Waals surface area contributed by atoms with Crippen LogP contribution >= 0.6 is 0 Å². The molecule has 0 unspecified atom stereocenters. The Morgan fingerprint density at radius 1 is 0.750 bits per heavy atom. The van der Waals surface area contributed by atoms with E-state index in [0.29, 0.717) is 6.54 Å². The molecule has 0 spiro atoms. The SMILES string of the molecule is NCCc1ccc(N=Nc2ccccc2)c(-c2ccccc2)c1N. The molecule has 3 aromatic rings. The van der Waals surface area contributed by atoms with Crippen molar-refractivity contribution >= 4 is 17.1 Å². The Morgan fingerprint density at radius 2 is 1.42 bits per heavy atom. The number of nitrogens with two attached hydrogens (primary N) is 2. The normalized spacial score (nSPS) is 11.0. The molecule has 0 aliphatic rings. The number of hydrogen-bond donors (Lipinski definition) is 2. The summed E-state index contributed by atoms with van der Waals surface area (Å²) in [5.41, 5.74) is 17.4. The summed E-state index contributed by atoms with van der Waals surface area (Å²) in [7, 11) is 0. The van der Waals surface area contributed by atoms with Crippen molar-refractivity contribution < 1.29 is 0 Å². The molecule has 24 heavy (non-hydrogen) atoms. The van der Waals surface area contributed by atoms with Crippen molar-refractivity contribution in [1.29, 1.82) is 0 Å². The molecule has 0 atom stereocenters. The lowest BCUT2D eigenvalue weighted by atomic mass is 9.97. The number of nitrogen functional groups attached to an aromatic ring is 1. The van der Waals surface area contributed by atoms with Gasteiger partial charge in [0, 0.05) is 11.3 Å². The molecule has 3 aromatic carbocycles. The summed E-state index contributed by atoms with van der Waals surface area (Å²) in [5, 5.41) is 8.75. The first kappa shape index (κ1) is 15.9. The quantitative estimate of drug-likeness (QED) is 0.521. The molecule has 4 heteroatoms. The molecule has 0 aliphatic carbocycles. The molecule has 0 amide bonds. The molecule has 4 nitrogen and oxygen atoms in total. The maximum atomic E-state index is 6.41. The van der Waals surface area contributed by atoms with Gasteiger partial charge in [-0.05, 0) is 42.3 Å². The Bertz CT molecular complexity index is 827. The first-order valence-electron chi connectivity index (χ1n) is 7.93. The average Bonchev–Trinajstić information content (AvgIpc) is 2.64. The standard InChI is InChI=1S/C20H20N4/c21-14-13-16-11-12-18(24-23-17-9-5-2-6-10-17)19(20(16)22)15-7-3-1-4-8-15/h1-12H,13-14,21-22H2. The predicted octanol–water partition coefficient (Wildman–Crippen LogP) is 4.85. The lowest BCUT2D eigenvalue weighted by Crippen LogP contribution is -2.06. The summed E-state index contributed by atoms with van der Waals surface area (Å²) in [5.74, 6) is 0.